The Morgan fingerprint density at radius 2 is 1.90 bits per heavy atom. The summed E-state index contributed by atoms with van der Waals surface area (Å²) in [5.41, 5.74) is 1.72. The molecule has 1 aliphatic heterocycles. The van der Waals surface area contributed by atoms with Crippen molar-refractivity contribution in [3.8, 4) is 30.0 Å². The predicted molar refractivity (Wildman–Crippen MR) is 104 cm³/mol. The first kappa shape index (κ1) is 18.6. The summed E-state index contributed by atoms with van der Waals surface area (Å²) in [4.78, 5) is 6.13. The SMILES string of the molecule is C#Cc1ccc(C2(C#N)CCN(c3ccc(-c4nc(CO)no4)nn3)CC2)cc1. The third kappa shape index (κ3) is 3.54. The third-order valence-electron chi connectivity index (χ3n) is 5.24. The molecule has 3 aromatic rings. The second-order valence-corrected chi connectivity index (χ2v) is 6.85. The van der Waals surface area contributed by atoms with Gasteiger partial charge in [-0.25, -0.2) is 0 Å². The fraction of sp³-hybridized carbons (Fsp3) is 0.286. The molecular weight excluding hydrogens is 368 g/mol. The average Bonchev–Trinajstić information content (AvgIpc) is 3.29. The van der Waals surface area contributed by atoms with Crippen LogP contribution in [0.25, 0.3) is 11.6 Å². The molecule has 0 unspecified atom stereocenters. The lowest BCUT2D eigenvalue weighted by Gasteiger charge is -2.38. The third-order valence-corrected chi connectivity index (χ3v) is 5.24. The number of terminal acetylenes is 1. The van der Waals surface area contributed by atoms with E-state index in [1.165, 1.54) is 0 Å². The number of nitrogens with zero attached hydrogens (tertiary/aromatic N) is 6. The maximum Gasteiger partial charge on any atom is 0.278 e. The Bertz CT molecular complexity index is 1070. The van der Waals surface area contributed by atoms with Crippen LogP contribution in [0.2, 0.25) is 0 Å². The number of hydrogen-bond acceptors (Lipinski definition) is 8. The zero-order valence-corrected chi connectivity index (χ0v) is 15.6. The second-order valence-electron chi connectivity index (χ2n) is 6.85. The highest BCUT2D eigenvalue weighted by molar-refractivity contribution is 5.50. The zero-order chi connectivity index (χ0) is 20.3. The molecule has 0 atom stereocenters. The fourth-order valence-electron chi connectivity index (χ4n) is 3.50. The van der Waals surface area contributed by atoms with Gasteiger partial charge in [-0.3, -0.25) is 0 Å². The molecule has 8 heteroatoms. The molecule has 0 aliphatic carbocycles. The number of aliphatic hydroxyl groups is 1. The quantitative estimate of drug-likeness (QED) is 0.678. The minimum absolute atomic E-state index is 0.199. The summed E-state index contributed by atoms with van der Waals surface area (Å²) >= 11 is 0. The first-order valence-corrected chi connectivity index (χ1v) is 9.18. The molecule has 1 fully saturated rings. The maximum absolute atomic E-state index is 9.89. The van der Waals surface area contributed by atoms with Gasteiger partial charge in [0.25, 0.3) is 5.89 Å². The molecule has 1 aliphatic rings. The Kier molecular flexibility index (Phi) is 4.94. The molecule has 0 amide bonds. The Morgan fingerprint density at radius 3 is 2.45 bits per heavy atom. The molecule has 4 rings (SSSR count). The normalized spacial score (nSPS) is 15.5. The van der Waals surface area contributed by atoms with Gasteiger partial charge in [0.15, 0.2) is 17.3 Å². The number of piperidine rings is 1. The molecule has 3 heterocycles. The summed E-state index contributed by atoms with van der Waals surface area (Å²) in [6, 6.07) is 13.8. The predicted octanol–water partition coefficient (Wildman–Crippen LogP) is 2.06. The molecule has 0 bridgehead atoms. The minimum atomic E-state index is -0.526. The topological polar surface area (TPSA) is 112 Å². The highest BCUT2D eigenvalue weighted by atomic mass is 16.5. The first-order chi connectivity index (χ1) is 14.2. The van der Waals surface area contributed by atoms with Crippen molar-refractivity contribution in [3.05, 3.63) is 53.3 Å². The van der Waals surface area contributed by atoms with Gasteiger partial charge in [0.2, 0.25) is 0 Å². The zero-order valence-electron chi connectivity index (χ0n) is 15.6. The molecule has 0 radical (unpaired) electrons. The lowest BCUT2D eigenvalue weighted by atomic mass is 9.74. The van der Waals surface area contributed by atoms with E-state index in [0.717, 1.165) is 16.9 Å². The molecule has 144 valence electrons. The molecular formula is C21H18N6O2. The van der Waals surface area contributed by atoms with Gasteiger partial charge in [-0.1, -0.05) is 23.2 Å². The molecule has 2 aromatic heterocycles. The van der Waals surface area contributed by atoms with Gasteiger partial charge in [0, 0.05) is 18.7 Å². The lowest BCUT2D eigenvalue weighted by Crippen LogP contribution is -2.42. The van der Waals surface area contributed by atoms with Gasteiger partial charge in [0.05, 0.1) is 11.5 Å². The van der Waals surface area contributed by atoms with Gasteiger partial charge in [-0.15, -0.1) is 16.6 Å². The summed E-state index contributed by atoms with van der Waals surface area (Å²) in [6.45, 7) is 1.08. The molecule has 1 saturated heterocycles. The van der Waals surface area contributed by atoms with Crippen molar-refractivity contribution in [2.45, 2.75) is 24.9 Å². The molecule has 0 spiro atoms. The summed E-state index contributed by atoms with van der Waals surface area (Å²) in [7, 11) is 0. The molecule has 1 N–H and O–H groups in total. The number of aliphatic hydroxyl groups excluding tert-OH is 1. The van der Waals surface area contributed by atoms with Crippen LogP contribution in [0.3, 0.4) is 0 Å². The van der Waals surface area contributed by atoms with Crippen molar-refractivity contribution in [2.75, 3.05) is 18.0 Å². The van der Waals surface area contributed by atoms with E-state index in [1.807, 2.05) is 30.3 Å². The van der Waals surface area contributed by atoms with Crippen molar-refractivity contribution < 1.29 is 9.63 Å². The van der Waals surface area contributed by atoms with Crippen LogP contribution in [0.15, 0.2) is 40.9 Å². The van der Waals surface area contributed by atoms with Gasteiger partial charge in [-0.05, 0) is 42.7 Å². The monoisotopic (exact) mass is 386 g/mol. The fourth-order valence-corrected chi connectivity index (χ4v) is 3.50. The van der Waals surface area contributed by atoms with Gasteiger partial charge < -0.3 is 14.5 Å². The van der Waals surface area contributed by atoms with Crippen molar-refractivity contribution in [1.29, 1.82) is 5.26 Å². The van der Waals surface area contributed by atoms with Crippen molar-refractivity contribution in [1.82, 2.24) is 20.3 Å². The van der Waals surface area contributed by atoms with Crippen LogP contribution in [-0.4, -0.2) is 38.5 Å². The van der Waals surface area contributed by atoms with Crippen LogP contribution in [-0.2, 0) is 12.0 Å². The van der Waals surface area contributed by atoms with E-state index >= 15 is 0 Å². The lowest BCUT2D eigenvalue weighted by molar-refractivity contribution is 0.264. The van der Waals surface area contributed by atoms with E-state index in [2.05, 4.69) is 37.2 Å². The van der Waals surface area contributed by atoms with Gasteiger partial charge in [0.1, 0.15) is 6.61 Å². The van der Waals surface area contributed by atoms with E-state index < -0.39 is 5.41 Å². The number of aromatic nitrogens is 4. The molecule has 29 heavy (non-hydrogen) atoms. The number of nitriles is 1. The first-order valence-electron chi connectivity index (χ1n) is 9.18. The van der Waals surface area contributed by atoms with Crippen LogP contribution in [0, 0.1) is 23.7 Å². The summed E-state index contributed by atoms with van der Waals surface area (Å²) < 4.78 is 5.05. The number of anilines is 1. The van der Waals surface area contributed by atoms with Crippen molar-refractivity contribution >= 4 is 5.82 Å². The van der Waals surface area contributed by atoms with E-state index in [-0.39, 0.29) is 18.3 Å². The molecule has 8 nitrogen and oxygen atoms in total. The average molecular weight is 386 g/mol. The largest absolute Gasteiger partial charge is 0.388 e. The van der Waals surface area contributed by atoms with Crippen LogP contribution in [0.4, 0.5) is 5.82 Å². The van der Waals surface area contributed by atoms with Crippen molar-refractivity contribution in [3.63, 3.8) is 0 Å². The summed E-state index contributed by atoms with van der Waals surface area (Å²) in [6.07, 6.45) is 6.80. The van der Waals surface area contributed by atoms with Gasteiger partial charge >= 0.3 is 0 Å². The number of benzene rings is 1. The highest BCUT2D eigenvalue weighted by Gasteiger charge is 2.37. The summed E-state index contributed by atoms with van der Waals surface area (Å²) in [5, 5.41) is 31.0. The summed E-state index contributed by atoms with van der Waals surface area (Å²) in [5.74, 6) is 3.74. The number of hydrogen-bond donors (Lipinski definition) is 1. The Hall–Kier alpha value is -3.75. The molecule has 1 aromatic carbocycles. The second kappa shape index (κ2) is 7.70. The molecule has 0 saturated carbocycles. The van der Waals surface area contributed by atoms with Crippen molar-refractivity contribution in [2.24, 2.45) is 0 Å². The Balaban J connectivity index is 1.47. The van der Waals surface area contributed by atoms with Crippen LogP contribution in [0.5, 0.6) is 0 Å². The van der Waals surface area contributed by atoms with E-state index in [0.29, 0.717) is 31.6 Å². The van der Waals surface area contributed by atoms with Crippen LogP contribution < -0.4 is 4.90 Å². The standard InChI is InChI=1S/C21H18N6O2/c1-2-15-3-5-16(6-4-15)21(14-22)9-11-27(12-10-21)19-8-7-17(24-25-19)20-23-18(13-28)26-29-20/h1,3-8,28H,9-13H2. The van der Waals surface area contributed by atoms with E-state index in [1.54, 1.807) is 6.07 Å². The van der Waals surface area contributed by atoms with E-state index in [9.17, 15) is 5.26 Å². The Labute approximate surface area is 167 Å². The van der Waals surface area contributed by atoms with Crippen LogP contribution in [0.1, 0.15) is 29.8 Å². The van der Waals surface area contributed by atoms with Gasteiger partial charge in [-0.2, -0.15) is 10.2 Å². The minimum Gasteiger partial charge on any atom is -0.388 e. The number of rotatable bonds is 4. The maximum atomic E-state index is 9.89. The highest BCUT2D eigenvalue weighted by Crippen LogP contribution is 2.36. The van der Waals surface area contributed by atoms with E-state index in [4.69, 9.17) is 16.1 Å². The smallest absolute Gasteiger partial charge is 0.278 e. The Morgan fingerprint density at radius 1 is 1.14 bits per heavy atom. The van der Waals surface area contributed by atoms with Crippen LogP contribution >= 0.6 is 0 Å².